The second kappa shape index (κ2) is 5.66. The third kappa shape index (κ3) is 3.01. The van der Waals surface area contributed by atoms with E-state index in [4.69, 9.17) is 4.74 Å². The number of alkyl halides is 3. The first kappa shape index (κ1) is 14.6. The van der Waals surface area contributed by atoms with Gasteiger partial charge in [0.05, 0.1) is 25.8 Å². The number of morpholine rings is 1. The van der Waals surface area contributed by atoms with Crippen LogP contribution in [0.5, 0.6) is 0 Å². The Balaban J connectivity index is 2.26. The molecule has 0 amide bonds. The second-order valence-electron chi connectivity index (χ2n) is 4.20. The van der Waals surface area contributed by atoms with E-state index in [1.54, 1.807) is 0 Å². The van der Waals surface area contributed by atoms with Crippen molar-refractivity contribution in [2.45, 2.75) is 12.3 Å². The van der Waals surface area contributed by atoms with Gasteiger partial charge in [-0.3, -0.25) is 0 Å². The van der Waals surface area contributed by atoms with Crippen LogP contribution in [0.4, 0.5) is 19.0 Å². The number of rotatable bonds is 2. The van der Waals surface area contributed by atoms with E-state index in [2.05, 4.69) is 9.72 Å². The Morgan fingerprint density at radius 1 is 1.55 bits per heavy atom. The average Bonchev–Trinajstić information content (AvgIpc) is 2.45. The third-order valence-electron chi connectivity index (χ3n) is 2.92. The number of carbonyl (C=O) groups is 1. The molecule has 110 valence electrons. The fraction of sp³-hybridized carbons (Fsp3) is 0.500. The Hall–Kier alpha value is -1.83. The van der Waals surface area contributed by atoms with Gasteiger partial charge in [-0.25, -0.2) is 9.78 Å². The monoisotopic (exact) mass is 290 g/mol. The van der Waals surface area contributed by atoms with Crippen molar-refractivity contribution in [2.75, 3.05) is 31.7 Å². The minimum absolute atomic E-state index is 0.0211. The number of ether oxygens (including phenoxy) is 2. The van der Waals surface area contributed by atoms with Crippen LogP contribution in [0.1, 0.15) is 5.56 Å². The summed E-state index contributed by atoms with van der Waals surface area (Å²) in [4.78, 5) is 16.6. The number of aromatic nitrogens is 1. The summed E-state index contributed by atoms with van der Waals surface area (Å²) in [6.07, 6.45) is -4.12. The van der Waals surface area contributed by atoms with Crippen molar-refractivity contribution in [1.29, 1.82) is 0 Å². The summed E-state index contributed by atoms with van der Waals surface area (Å²) in [5.74, 6) is -0.809. The number of carbonyl (C=O) groups excluding carboxylic acids is 1. The number of pyridine rings is 1. The molecule has 1 aromatic heterocycles. The Labute approximate surface area is 113 Å². The van der Waals surface area contributed by atoms with Crippen LogP contribution in [-0.2, 0) is 20.4 Å². The highest BCUT2D eigenvalue weighted by Gasteiger charge is 2.37. The van der Waals surface area contributed by atoms with Gasteiger partial charge in [0.2, 0.25) is 0 Å². The van der Waals surface area contributed by atoms with Crippen molar-refractivity contribution in [3.8, 4) is 0 Å². The molecule has 0 aromatic carbocycles. The molecule has 0 aliphatic carbocycles. The third-order valence-corrected chi connectivity index (χ3v) is 2.92. The number of anilines is 1. The zero-order valence-electron chi connectivity index (χ0n) is 10.7. The first-order valence-electron chi connectivity index (χ1n) is 5.90. The average molecular weight is 290 g/mol. The first-order valence-corrected chi connectivity index (χ1v) is 5.90. The standard InChI is InChI=1S/C12H13F3N2O3/c1-19-11(18)9-7-17(5-6-20-9)10-8(12(13,14)15)3-2-4-16-10/h2-4,9H,5-7H2,1H3. The molecule has 2 heterocycles. The van der Waals surface area contributed by atoms with Gasteiger partial charge in [-0.2, -0.15) is 13.2 Å². The smallest absolute Gasteiger partial charge is 0.419 e. The molecule has 1 aliphatic rings. The fourth-order valence-corrected chi connectivity index (χ4v) is 1.99. The number of nitrogens with zero attached hydrogens (tertiary/aromatic N) is 2. The highest BCUT2D eigenvalue weighted by Crippen LogP contribution is 2.35. The lowest BCUT2D eigenvalue weighted by Gasteiger charge is -2.33. The number of esters is 1. The zero-order chi connectivity index (χ0) is 14.8. The molecule has 0 saturated carbocycles. The van der Waals surface area contributed by atoms with Crippen molar-refractivity contribution in [3.63, 3.8) is 0 Å². The van der Waals surface area contributed by atoms with Crippen molar-refractivity contribution in [3.05, 3.63) is 23.9 Å². The Bertz CT molecular complexity index is 493. The lowest BCUT2D eigenvalue weighted by molar-refractivity contribution is -0.154. The number of hydrogen-bond donors (Lipinski definition) is 0. The maximum Gasteiger partial charge on any atom is 0.419 e. The lowest BCUT2D eigenvalue weighted by Crippen LogP contribution is -2.47. The maximum absolute atomic E-state index is 12.9. The van der Waals surface area contributed by atoms with Gasteiger partial charge >= 0.3 is 12.1 Å². The van der Waals surface area contributed by atoms with E-state index in [1.807, 2.05) is 0 Å². The SMILES string of the molecule is COC(=O)C1CN(c2ncccc2C(F)(F)F)CCO1. The largest absolute Gasteiger partial charge is 0.467 e. The van der Waals surface area contributed by atoms with Crippen molar-refractivity contribution < 1.29 is 27.4 Å². The van der Waals surface area contributed by atoms with Crippen molar-refractivity contribution in [1.82, 2.24) is 4.98 Å². The van der Waals surface area contributed by atoms with Gasteiger partial charge in [0.1, 0.15) is 5.82 Å². The van der Waals surface area contributed by atoms with E-state index in [-0.39, 0.29) is 25.5 Å². The molecule has 8 heteroatoms. The van der Waals surface area contributed by atoms with E-state index in [9.17, 15) is 18.0 Å². The van der Waals surface area contributed by atoms with E-state index in [0.29, 0.717) is 0 Å². The summed E-state index contributed by atoms with van der Waals surface area (Å²) < 4.78 is 48.5. The normalized spacial score (nSPS) is 19.8. The lowest BCUT2D eigenvalue weighted by atomic mass is 10.2. The summed E-state index contributed by atoms with van der Waals surface area (Å²) in [5.41, 5.74) is -0.828. The minimum Gasteiger partial charge on any atom is -0.467 e. The summed E-state index contributed by atoms with van der Waals surface area (Å²) in [6.45, 7) is 0.341. The fourth-order valence-electron chi connectivity index (χ4n) is 1.99. The van der Waals surface area contributed by atoms with Crippen molar-refractivity contribution >= 4 is 11.8 Å². The van der Waals surface area contributed by atoms with Crippen LogP contribution in [0.25, 0.3) is 0 Å². The molecule has 1 aromatic rings. The van der Waals surface area contributed by atoms with Gasteiger partial charge < -0.3 is 14.4 Å². The molecule has 1 fully saturated rings. The first-order chi connectivity index (χ1) is 9.43. The van der Waals surface area contributed by atoms with Gasteiger partial charge in [-0.1, -0.05) is 0 Å². The number of halogens is 3. The summed E-state index contributed by atoms with van der Waals surface area (Å²) in [7, 11) is 1.20. The molecule has 0 radical (unpaired) electrons. The molecule has 1 unspecified atom stereocenters. The molecule has 2 rings (SSSR count). The highest BCUT2D eigenvalue weighted by molar-refractivity contribution is 5.75. The molecule has 0 bridgehead atoms. The minimum atomic E-state index is -4.50. The molecular formula is C12H13F3N2O3. The van der Waals surface area contributed by atoms with Crippen molar-refractivity contribution in [2.24, 2.45) is 0 Å². The molecule has 0 spiro atoms. The molecule has 5 nitrogen and oxygen atoms in total. The summed E-state index contributed by atoms with van der Waals surface area (Å²) in [6, 6.07) is 2.19. The van der Waals surface area contributed by atoms with Crippen LogP contribution in [0.2, 0.25) is 0 Å². The maximum atomic E-state index is 12.9. The van der Waals surface area contributed by atoms with E-state index in [0.717, 1.165) is 6.07 Å². The molecule has 1 aliphatic heterocycles. The Morgan fingerprint density at radius 2 is 2.30 bits per heavy atom. The van der Waals surface area contributed by atoms with Gasteiger partial charge in [0, 0.05) is 12.7 Å². The summed E-state index contributed by atoms with van der Waals surface area (Å²) >= 11 is 0. The highest BCUT2D eigenvalue weighted by atomic mass is 19.4. The predicted molar refractivity (Wildman–Crippen MR) is 63.2 cm³/mol. The van der Waals surface area contributed by atoms with Crippen LogP contribution in [0.15, 0.2) is 18.3 Å². The zero-order valence-corrected chi connectivity index (χ0v) is 10.7. The van der Waals surface area contributed by atoms with Gasteiger partial charge in [-0.05, 0) is 12.1 Å². The Kier molecular flexibility index (Phi) is 4.12. The van der Waals surface area contributed by atoms with E-state index in [1.165, 1.54) is 24.3 Å². The molecule has 1 atom stereocenters. The number of methoxy groups -OCH3 is 1. The Morgan fingerprint density at radius 3 is 2.95 bits per heavy atom. The van der Waals surface area contributed by atoms with E-state index >= 15 is 0 Å². The number of hydrogen-bond acceptors (Lipinski definition) is 5. The second-order valence-corrected chi connectivity index (χ2v) is 4.20. The molecule has 1 saturated heterocycles. The van der Waals surface area contributed by atoms with Gasteiger partial charge in [0.25, 0.3) is 0 Å². The van der Waals surface area contributed by atoms with E-state index < -0.39 is 23.8 Å². The quantitative estimate of drug-likeness (QED) is 0.772. The van der Waals surface area contributed by atoms with Crippen LogP contribution >= 0.6 is 0 Å². The van der Waals surface area contributed by atoms with Gasteiger partial charge in [0.15, 0.2) is 6.10 Å². The predicted octanol–water partition coefficient (Wildman–Crippen LogP) is 1.48. The van der Waals surface area contributed by atoms with Crippen LogP contribution in [-0.4, -0.2) is 43.9 Å². The molecule has 20 heavy (non-hydrogen) atoms. The summed E-state index contributed by atoms with van der Waals surface area (Å²) in [5, 5.41) is 0. The molecule has 0 N–H and O–H groups in total. The topological polar surface area (TPSA) is 51.7 Å². The van der Waals surface area contributed by atoms with Crippen LogP contribution < -0.4 is 4.90 Å². The molecular weight excluding hydrogens is 277 g/mol. The van der Waals surface area contributed by atoms with Gasteiger partial charge in [-0.15, -0.1) is 0 Å². The van der Waals surface area contributed by atoms with Crippen LogP contribution in [0, 0.1) is 0 Å². The van der Waals surface area contributed by atoms with Crippen LogP contribution in [0.3, 0.4) is 0 Å².